The molecule has 2 atom stereocenters. The number of carbonyl (C=O) groups excluding carboxylic acids is 2. The minimum Gasteiger partial charge on any atom is -0.342 e. The van der Waals surface area contributed by atoms with Crippen LogP contribution in [0.1, 0.15) is 39.0 Å². The van der Waals surface area contributed by atoms with Crippen LogP contribution in [0.4, 0.5) is 0 Å². The van der Waals surface area contributed by atoms with E-state index < -0.39 is 0 Å². The first kappa shape index (κ1) is 18.6. The fraction of sp³-hybridized carbons (Fsp3) is 0.889. The number of nitrogens with zero attached hydrogens (tertiary/aromatic N) is 3. The van der Waals surface area contributed by atoms with Crippen LogP contribution >= 0.6 is 22.9 Å². The molecule has 3 rings (SSSR count). The number of ketones is 1. The molecule has 1 saturated carbocycles. The lowest BCUT2D eigenvalue weighted by Gasteiger charge is -2.40. The number of Topliss-reactive ketones (excluding diaryl/α,β-unsaturated/α-hetero) is 1. The number of carbonyl (C=O) groups is 2. The summed E-state index contributed by atoms with van der Waals surface area (Å²) in [6.07, 6.45) is 5.35. The maximum Gasteiger partial charge on any atom is 0.226 e. The molecule has 5 nitrogen and oxygen atoms in total. The number of piperidine rings is 1. The summed E-state index contributed by atoms with van der Waals surface area (Å²) in [5.41, 5.74) is 0. The molecule has 1 amide bonds. The summed E-state index contributed by atoms with van der Waals surface area (Å²) in [5.74, 6) is 1.20. The number of amides is 1. The van der Waals surface area contributed by atoms with Gasteiger partial charge in [-0.05, 0) is 51.5 Å². The summed E-state index contributed by atoms with van der Waals surface area (Å²) in [6, 6.07) is 0. The zero-order valence-corrected chi connectivity index (χ0v) is 16.9. The van der Waals surface area contributed by atoms with E-state index in [0.29, 0.717) is 0 Å². The lowest BCUT2D eigenvalue weighted by atomic mass is 9.70. The highest BCUT2D eigenvalue weighted by molar-refractivity contribution is 14.1. The lowest BCUT2D eigenvalue weighted by molar-refractivity contribution is -0.147. The topological polar surface area (TPSA) is 43.9 Å². The van der Waals surface area contributed by atoms with Crippen molar-refractivity contribution < 1.29 is 9.59 Å². The average molecular weight is 447 g/mol. The van der Waals surface area contributed by atoms with Crippen molar-refractivity contribution in [2.75, 3.05) is 45.8 Å². The molecule has 0 spiro atoms. The van der Waals surface area contributed by atoms with E-state index in [9.17, 15) is 9.59 Å². The third-order valence-corrected chi connectivity index (χ3v) is 7.18. The molecule has 24 heavy (non-hydrogen) atoms. The minimum absolute atomic E-state index is 0.00629. The molecule has 0 aromatic heterocycles. The number of piperazine rings is 1. The third kappa shape index (κ3) is 4.49. The summed E-state index contributed by atoms with van der Waals surface area (Å²) in [4.78, 5) is 28.8. The summed E-state index contributed by atoms with van der Waals surface area (Å²) in [7, 11) is 0. The molecular weight excluding hydrogens is 417 g/mol. The zero-order valence-electron chi connectivity index (χ0n) is 14.8. The zero-order chi connectivity index (χ0) is 17.1. The van der Waals surface area contributed by atoms with E-state index in [2.05, 4.69) is 30.9 Å². The van der Waals surface area contributed by atoms with Crippen molar-refractivity contribution in [1.82, 2.24) is 12.9 Å². The lowest BCUT2D eigenvalue weighted by Crippen LogP contribution is -2.48. The second-order valence-corrected chi connectivity index (χ2v) is 9.07. The molecule has 2 saturated heterocycles. The molecule has 2 aliphatic heterocycles. The first-order chi connectivity index (χ1) is 11.5. The second kappa shape index (κ2) is 8.45. The van der Waals surface area contributed by atoms with Gasteiger partial charge in [0.25, 0.3) is 0 Å². The smallest absolute Gasteiger partial charge is 0.226 e. The second-order valence-electron chi connectivity index (χ2n) is 7.71. The highest BCUT2D eigenvalue weighted by atomic mass is 127. The largest absolute Gasteiger partial charge is 0.342 e. The molecule has 0 aromatic rings. The van der Waals surface area contributed by atoms with Gasteiger partial charge in [-0.3, -0.25) is 9.59 Å². The van der Waals surface area contributed by atoms with Gasteiger partial charge in [-0.2, -0.15) is 0 Å². The maximum atomic E-state index is 12.6. The van der Waals surface area contributed by atoms with Crippen LogP contribution in [0, 0.1) is 17.8 Å². The number of likely N-dealkylation sites (tertiary alicyclic amines) is 1. The molecule has 136 valence electrons. The van der Waals surface area contributed by atoms with E-state index in [0.717, 1.165) is 44.7 Å². The van der Waals surface area contributed by atoms with E-state index >= 15 is 0 Å². The average Bonchev–Trinajstić information content (AvgIpc) is 2.53. The standard InChI is InChI=1S/C18H30IN3O2/c1-14(23)16-2-3-17(16)18(24)21-8-5-15(6-9-21)4-7-20-10-12-22(19)13-11-20/h15-17H,2-13H2,1H3. The van der Waals surface area contributed by atoms with E-state index in [1.807, 2.05) is 4.90 Å². The van der Waals surface area contributed by atoms with Crippen molar-refractivity contribution in [3.63, 3.8) is 0 Å². The number of rotatable bonds is 5. The first-order valence-corrected chi connectivity index (χ1v) is 10.4. The Hall–Kier alpha value is -0.210. The molecule has 1 aliphatic carbocycles. The van der Waals surface area contributed by atoms with E-state index in [1.54, 1.807) is 6.92 Å². The van der Waals surface area contributed by atoms with Gasteiger partial charge < -0.3 is 9.80 Å². The fourth-order valence-corrected chi connectivity index (χ4v) is 4.70. The molecule has 0 radical (unpaired) electrons. The summed E-state index contributed by atoms with van der Waals surface area (Å²) >= 11 is 2.41. The summed E-state index contributed by atoms with van der Waals surface area (Å²) in [6.45, 7) is 9.35. The van der Waals surface area contributed by atoms with Crippen LogP contribution in [0.2, 0.25) is 0 Å². The van der Waals surface area contributed by atoms with Crippen LogP contribution in [0.25, 0.3) is 0 Å². The van der Waals surface area contributed by atoms with Gasteiger partial charge in [0.2, 0.25) is 5.91 Å². The monoisotopic (exact) mass is 447 g/mol. The normalized spacial score (nSPS) is 30.2. The maximum absolute atomic E-state index is 12.6. The van der Waals surface area contributed by atoms with Crippen LogP contribution < -0.4 is 0 Å². The van der Waals surface area contributed by atoms with Crippen LogP contribution in [-0.4, -0.2) is 70.4 Å². The minimum atomic E-state index is -0.0105. The Morgan fingerprint density at radius 2 is 1.54 bits per heavy atom. The van der Waals surface area contributed by atoms with E-state index in [-0.39, 0.29) is 23.5 Å². The van der Waals surface area contributed by atoms with Gasteiger partial charge in [0.05, 0.1) is 0 Å². The van der Waals surface area contributed by atoms with Gasteiger partial charge in [-0.15, -0.1) is 0 Å². The Bertz CT molecular complexity index is 457. The van der Waals surface area contributed by atoms with Crippen LogP contribution in [0.15, 0.2) is 0 Å². The SMILES string of the molecule is CC(=O)C1CCC1C(=O)N1CCC(CCN2CCN(I)CC2)CC1. The van der Waals surface area contributed by atoms with E-state index in [4.69, 9.17) is 0 Å². The van der Waals surface area contributed by atoms with Crippen molar-refractivity contribution >= 4 is 34.6 Å². The van der Waals surface area contributed by atoms with Gasteiger partial charge in [0.15, 0.2) is 0 Å². The highest BCUT2D eigenvalue weighted by Gasteiger charge is 2.41. The Morgan fingerprint density at radius 1 is 0.917 bits per heavy atom. The van der Waals surface area contributed by atoms with Gasteiger partial charge in [0, 0.05) is 74.0 Å². The molecule has 3 aliphatic rings. The molecule has 6 heteroatoms. The molecule has 2 heterocycles. The highest BCUT2D eigenvalue weighted by Crippen LogP contribution is 2.37. The fourth-order valence-electron chi connectivity index (χ4n) is 4.27. The van der Waals surface area contributed by atoms with Gasteiger partial charge in [-0.1, -0.05) is 0 Å². The molecule has 0 bridgehead atoms. The Balaban J connectivity index is 1.36. The molecular formula is C18H30IN3O2. The Kier molecular flexibility index (Phi) is 6.54. The molecule has 0 aromatic carbocycles. The molecule has 0 N–H and O–H groups in total. The molecule has 3 fully saturated rings. The van der Waals surface area contributed by atoms with Crippen LogP contribution in [-0.2, 0) is 9.59 Å². The number of halogens is 1. The van der Waals surface area contributed by atoms with Crippen LogP contribution in [0.3, 0.4) is 0 Å². The van der Waals surface area contributed by atoms with Crippen molar-refractivity contribution in [3.8, 4) is 0 Å². The predicted octanol–water partition coefficient (Wildman–Crippen LogP) is 2.20. The summed E-state index contributed by atoms with van der Waals surface area (Å²) < 4.78 is 2.37. The summed E-state index contributed by atoms with van der Waals surface area (Å²) in [5, 5.41) is 0. The van der Waals surface area contributed by atoms with Crippen molar-refractivity contribution in [2.45, 2.75) is 39.0 Å². The van der Waals surface area contributed by atoms with Crippen molar-refractivity contribution in [3.05, 3.63) is 0 Å². The van der Waals surface area contributed by atoms with Crippen molar-refractivity contribution in [1.29, 1.82) is 0 Å². The van der Waals surface area contributed by atoms with Gasteiger partial charge >= 0.3 is 0 Å². The number of hydrogen-bond acceptors (Lipinski definition) is 4. The van der Waals surface area contributed by atoms with E-state index in [1.165, 1.54) is 39.1 Å². The number of hydrogen-bond donors (Lipinski definition) is 0. The predicted molar refractivity (Wildman–Crippen MR) is 103 cm³/mol. The van der Waals surface area contributed by atoms with Crippen molar-refractivity contribution in [2.24, 2.45) is 17.8 Å². The Morgan fingerprint density at radius 3 is 2.08 bits per heavy atom. The Labute approximate surface area is 159 Å². The molecule has 2 unspecified atom stereocenters. The first-order valence-electron chi connectivity index (χ1n) is 9.47. The van der Waals surface area contributed by atoms with Crippen LogP contribution in [0.5, 0.6) is 0 Å². The van der Waals surface area contributed by atoms with Gasteiger partial charge in [0.1, 0.15) is 5.78 Å². The third-order valence-electron chi connectivity index (χ3n) is 6.21. The quantitative estimate of drug-likeness (QED) is 0.479. The van der Waals surface area contributed by atoms with Gasteiger partial charge in [-0.25, -0.2) is 3.11 Å².